The highest BCUT2D eigenvalue weighted by Gasteiger charge is 2.12. The lowest BCUT2D eigenvalue weighted by Gasteiger charge is -2.12. The number of carbonyl (C=O) groups is 1. The van der Waals surface area contributed by atoms with Crippen molar-refractivity contribution in [3.8, 4) is 17.6 Å². The molecule has 1 N–H and O–H groups in total. The van der Waals surface area contributed by atoms with E-state index in [1.165, 1.54) is 18.7 Å². The monoisotopic (exact) mass is 446 g/mol. The zero-order valence-corrected chi connectivity index (χ0v) is 18.6. The highest BCUT2D eigenvalue weighted by atomic mass is 35.5. The number of halogens is 1. The van der Waals surface area contributed by atoms with E-state index < -0.39 is 5.91 Å². The van der Waals surface area contributed by atoms with Crippen molar-refractivity contribution < 1.29 is 14.3 Å². The van der Waals surface area contributed by atoms with Gasteiger partial charge in [0.25, 0.3) is 5.91 Å². The van der Waals surface area contributed by atoms with Crippen LogP contribution in [-0.2, 0) is 17.8 Å². The number of nitriles is 1. The number of hydrogen-bond donors (Lipinski definition) is 1. The van der Waals surface area contributed by atoms with Gasteiger partial charge in [0.1, 0.15) is 18.2 Å². The number of methoxy groups -OCH3 is 1. The molecule has 0 aromatic heterocycles. The Bertz CT molecular complexity index is 1160. The SMILES string of the molecule is CCc1ccc(NC(=O)/C(C#N)=C\c2ccc(OCc3ccccc3Cl)c(OC)c2)cc1. The van der Waals surface area contributed by atoms with Crippen molar-refractivity contribution in [1.82, 2.24) is 0 Å². The maximum absolute atomic E-state index is 12.5. The topological polar surface area (TPSA) is 71.4 Å². The van der Waals surface area contributed by atoms with E-state index in [0.29, 0.717) is 27.8 Å². The Morgan fingerprint density at radius 1 is 1.09 bits per heavy atom. The minimum absolute atomic E-state index is 0.0173. The Morgan fingerprint density at radius 3 is 2.50 bits per heavy atom. The van der Waals surface area contributed by atoms with Crippen molar-refractivity contribution in [1.29, 1.82) is 5.26 Å². The Kier molecular flexibility index (Phi) is 7.91. The van der Waals surface area contributed by atoms with Crippen molar-refractivity contribution in [3.63, 3.8) is 0 Å². The number of ether oxygens (including phenoxy) is 2. The zero-order chi connectivity index (χ0) is 22.9. The minimum Gasteiger partial charge on any atom is -0.493 e. The van der Waals surface area contributed by atoms with Crippen molar-refractivity contribution >= 4 is 29.3 Å². The summed E-state index contributed by atoms with van der Waals surface area (Å²) in [6.45, 7) is 2.35. The summed E-state index contributed by atoms with van der Waals surface area (Å²) in [6, 6.07) is 22.1. The van der Waals surface area contributed by atoms with Gasteiger partial charge in [0.15, 0.2) is 11.5 Å². The molecule has 5 nitrogen and oxygen atoms in total. The van der Waals surface area contributed by atoms with Gasteiger partial charge < -0.3 is 14.8 Å². The molecule has 32 heavy (non-hydrogen) atoms. The first kappa shape index (κ1) is 22.9. The summed E-state index contributed by atoms with van der Waals surface area (Å²) in [5.74, 6) is 0.539. The fraction of sp³-hybridized carbons (Fsp3) is 0.154. The molecule has 162 valence electrons. The van der Waals surface area contributed by atoms with Gasteiger partial charge >= 0.3 is 0 Å². The Hall–Kier alpha value is -3.75. The van der Waals surface area contributed by atoms with Crippen LogP contribution in [0.5, 0.6) is 11.5 Å². The average Bonchev–Trinajstić information content (AvgIpc) is 2.82. The van der Waals surface area contributed by atoms with Crippen LogP contribution in [0.2, 0.25) is 5.02 Å². The number of anilines is 1. The van der Waals surface area contributed by atoms with Crippen molar-refractivity contribution in [2.24, 2.45) is 0 Å². The van der Waals surface area contributed by atoms with Gasteiger partial charge in [0.2, 0.25) is 0 Å². The van der Waals surface area contributed by atoms with Crippen molar-refractivity contribution in [2.45, 2.75) is 20.0 Å². The molecule has 3 aromatic rings. The van der Waals surface area contributed by atoms with Gasteiger partial charge in [0.05, 0.1) is 7.11 Å². The second kappa shape index (κ2) is 11.0. The second-order valence-corrected chi connectivity index (χ2v) is 7.37. The summed E-state index contributed by atoms with van der Waals surface area (Å²) in [5.41, 5.74) is 3.28. The Balaban J connectivity index is 1.74. The van der Waals surface area contributed by atoms with Gasteiger partial charge in [-0.2, -0.15) is 5.26 Å². The molecule has 0 spiro atoms. The number of aryl methyl sites for hydroxylation is 1. The van der Waals surface area contributed by atoms with Crippen LogP contribution in [-0.4, -0.2) is 13.0 Å². The van der Waals surface area contributed by atoms with Crippen LogP contribution in [0.3, 0.4) is 0 Å². The maximum Gasteiger partial charge on any atom is 0.266 e. The quantitative estimate of drug-likeness (QED) is 0.338. The fourth-order valence-corrected chi connectivity index (χ4v) is 3.19. The molecular formula is C26H23ClN2O3. The number of nitrogens with one attached hydrogen (secondary N) is 1. The molecule has 6 heteroatoms. The molecule has 0 bridgehead atoms. The zero-order valence-electron chi connectivity index (χ0n) is 17.9. The summed E-state index contributed by atoms with van der Waals surface area (Å²) < 4.78 is 11.3. The predicted octanol–water partition coefficient (Wildman–Crippen LogP) is 6.04. The van der Waals surface area contributed by atoms with Gasteiger partial charge in [-0.05, 0) is 54.0 Å². The Labute approximate surface area is 192 Å². The van der Waals surface area contributed by atoms with E-state index in [2.05, 4.69) is 12.2 Å². The van der Waals surface area contributed by atoms with Gasteiger partial charge in [0, 0.05) is 16.3 Å². The molecule has 0 radical (unpaired) electrons. The van der Waals surface area contributed by atoms with E-state index in [1.807, 2.05) is 48.5 Å². The number of rotatable bonds is 8. The van der Waals surface area contributed by atoms with Crippen LogP contribution >= 0.6 is 11.6 Å². The van der Waals surface area contributed by atoms with Gasteiger partial charge in [-0.3, -0.25) is 4.79 Å². The number of amides is 1. The van der Waals surface area contributed by atoms with E-state index in [4.69, 9.17) is 21.1 Å². The van der Waals surface area contributed by atoms with Crippen molar-refractivity contribution in [2.75, 3.05) is 12.4 Å². The lowest BCUT2D eigenvalue weighted by molar-refractivity contribution is -0.112. The van der Waals surface area contributed by atoms with E-state index in [0.717, 1.165) is 12.0 Å². The normalized spacial score (nSPS) is 10.9. The Morgan fingerprint density at radius 2 is 1.84 bits per heavy atom. The summed E-state index contributed by atoms with van der Waals surface area (Å²) >= 11 is 6.18. The third-order valence-electron chi connectivity index (χ3n) is 4.82. The standard InChI is InChI=1S/C26H23ClN2O3/c1-3-18-8-11-22(12-9-18)29-26(30)21(16-28)14-19-10-13-24(25(15-19)31-2)32-17-20-6-4-5-7-23(20)27/h4-15H,3,17H2,1-2H3,(H,29,30)/b21-14-. The van der Waals surface area contributed by atoms with Crippen LogP contribution < -0.4 is 14.8 Å². The summed E-state index contributed by atoms with van der Waals surface area (Å²) in [7, 11) is 1.53. The number of carbonyl (C=O) groups excluding carboxylic acids is 1. The van der Waals surface area contributed by atoms with E-state index >= 15 is 0 Å². The third kappa shape index (κ3) is 5.90. The first-order valence-corrected chi connectivity index (χ1v) is 10.5. The molecule has 0 aliphatic rings. The molecule has 0 aliphatic carbocycles. The predicted molar refractivity (Wildman–Crippen MR) is 127 cm³/mol. The van der Waals surface area contributed by atoms with E-state index in [9.17, 15) is 10.1 Å². The van der Waals surface area contributed by atoms with Crippen LogP contribution in [0.4, 0.5) is 5.69 Å². The summed E-state index contributed by atoms with van der Waals surface area (Å²) in [6.07, 6.45) is 2.42. The van der Waals surface area contributed by atoms with Crippen LogP contribution in [0.25, 0.3) is 6.08 Å². The maximum atomic E-state index is 12.5. The lowest BCUT2D eigenvalue weighted by Crippen LogP contribution is -2.13. The average molecular weight is 447 g/mol. The van der Waals surface area contributed by atoms with E-state index in [-0.39, 0.29) is 12.2 Å². The molecule has 0 saturated carbocycles. The van der Waals surface area contributed by atoms with Gasteiger partial charge in [-0.15, -0.1) is 0 Å². The molecule has 3 aromatic carbocycles. The molecular weight excluding hydrogens is 424 g/mol. The highest BCUT2D eigenvalue weighted by Crippen LogP contribution is 2.30. The second-order valence-electron chi connectivity index (χ2n) is 6.96. The summed E-state index contributed by atoms with van der Waals surface area (Å²) in [4.78, 5) is 12.5. The lowest BCUT2D eigenvalue weighted by atomic mass is 10.1. The molecule has 0 atom stereocenters. The molecule has 0 fully saturated rings. The first-order chi connectivity index (χ1) is 15.5. The van der Waals surface area contributed by atoms with Crippen LogP contribution in [0, 0.1) is 11.3 Å². The molecule has 0 saturated heterocycles. The van der Waals surface area contributed by atoms with Gasteiger partial charge in [-0.25, -0.2) is 0 Å². The summed E-state index contributed by atoms with van der Waals surface area (Å²) in [5, 5.41) is 12.9. The van der Waals surface area contributed by atoms with Crippen molar-refractivity contribution in [3.05, 3.63) is 94.0 Å². The largest absolute Gasteiger partial charge is 0.493 e. The molecule has 1 amide bonds. The highest BCUT2D eigenvalue weighted by molar-refractivity contribution is 6.31. The van der Waals surface area contributed by atoms with Gasteiger partial charge in [-0.1, -0.05) is 54.9 Å². The number of hydrogen-bond acceptors (Lipinski definition) is 4. The molecule has 0 heterocycles. The van der Waals surface area contributed by atoms with E-state index in [1.54, 1.807) is 24.3 Å². The number of nitrogens with zero attached hydrogens (tertiary/aromatic N) is 1. The number of benzene rings is 3. The smallest absolute Gasteiger partial charge is 0.266 e. The van der Waals surface area contributed by atoms with Crippen LogP contribution in [0.15, 0.2) is 72.3 Å². The minimum atomic E-state index is -0.477. The molecule has 0 aliphatic heterocycles. The first-order valence-electron chi connectivity index (χ1n) is 10.1. The third-order valence-corrected chi connectivity index (χ3v) is 5.19. The van der Waals surface area contributed by atoms with Crippen LogP contribution in [0.1, 0.15) is 23.6 Å². The fourth-order valence-electron chi connectivity index (χ4n) is 3.00. The molecule has 3 rings (SSSR count). The molecule has 0 unspecified atom stereocenters.